The molecule has 0 amide bonds. The first-order valence-electron chi connectivity index (χ1n) is 5.09. The van der Waals surface area contributed by atoms with Crippen LogP contribution >= 0.6 is 0 Å². The molecule has 0 bridgehead atoms. The van der Waals surface area contributed by atoms with Crippen molar-refractivity contribution in [3.63, 3.8) is 0 Å². The molecule has 1 fully saturated rings. The van der Waals surface area contributed by atoms with E-state index in [1.807, 2.05) is 6.92 Å². The van der Waals surface area contributed by atoms with E-state index in [1.54, 1.807) is 6.92 Å². The van der Waals surface area contributed by atoms with E-state index < -0.39 is 10.2 Å². The zero-order chi connectivity index (χ0) is 11.5. The van der Waals surface area contributed by atoms with Gasteiger partial charge >= 0.3 is 0 Å². The quantitative estimate of drug-likeness (QED) is 0.767. The Bertz CT molecular complexity index is 350. The van der Waals surface area contributed by atoms with E-state index in [1.165, 1.54) is 4.31 Å². The lowest BCUT2D eigenvalue weighted by Crippen LogP contribution is -2.46. The Balaban J connectivity index is 2.63. The van der Waals surface area contributed by atoms with Crippen LogP contribution in [0.5, 0.6) is 0 Å². The molecule has 0 aliphatic carbocycles. The fourth-order valence-corrected chi connectivity index (χ4v) is 2.82. The topological polar surface area (TPSA) is 73.2 Å². The molecule has 0 unspecified atom stereocenters. The number of nitrogens with one attached hydrogen (secondary N) is 1. The summed E-state index contributed by atoms with van der Waals surface area (Å²) in [4.78, 5) is 0. The first kappa shape index (κ1) is 12.4. The highest BCUT2D eigenvalue weighted by atomic mass is 32.2. The molecule has 1 aliphatic rings. The van der Waals surface area contributed by atoms with E-state index in [2.05, 4.69) is 10.8 Å². The van der Waals surface area contributed by atoms with Crippen molar-refractivity contribution in [2.24, 2.45) is 5.41 Å². The SMILES string of the molecule is CCNS(=O)(=O)N1CCC(C)(C#N)CC1. The highest BCUT2D eigenvalue weighted by Gasteiger charge is 2.34. The molecule has 5 nitrogen and oxygen atoms in total. The van der Waals surface area contributed by atoms with Crippen LogP contribution in [-0.4, -0.2) is 32.4 Å². The Labute approximate surface area is 91.3 Å². The van der Waals surface area contributed by atoms with E-state index in [0.29, 0.717) is 32.5 Å². The molecule has 0 atom stereocenters. The average Bonchev–Trinajstić information content (AvgIpc) is 2.18. The number of piperidine rings is 1. The van der Waals surface area contributed by atoms with Crippen LogP contribution in [0.4, 0.5) is 0 Å². The summed E-state index contributed by atoms with van der Waals surface area (Å²) < 4.78 is 27.1. The number of rotatable bonds is 3. The van der Waals surface area contributed by atoms with Crippen molar-refractivity contribution in [3.05, 3.63) is 0 Å². The van der Waals surface area contributed by atoms with Gasteiger partial charge in [-0.2, -0.15) is 18.0 Å². The van der Waals surface area contributed by atoms with Gasteiger partial charge in [-0.25, -0.2) is 4.72 Å². The molecule has 1 rings (SSSR count). The van der Waals surface area contributed by atoms with Crippen molar-refractivity contribution < 1.29 is 8.42 Å². The van der Waals surface area contributed by atoms with Crippen molar-refractivity contribution in [1.82, 2.24) is 9.03 Å². The third-order valence-corrected chi connectivity index (χ3v) is 4.46. The second-order valence-electron chi connectivity index (χ2n) is 4.07. The van der Waals surface area contributed by atoms with Crippen LogP contribution in [0.1, 0.15) is 26.7 Å². The number of hydrogen-bond donors (Lipinski definition) is 1. The predicted molar refractivity (Wildman–Crippen MR) is 57.1 cm³/mol. The summed E-state index contributed by atoms with van der Waals surface area (Å²) in [6.07, 6.45) is 1.21. The van der Waals surface area contributed by atoms with E-state index in [-0.39, 0.29) is 5.41 Å². The van der Waals surface area contributed by atoms with Gasteiger partial charge in [-0.3, -0.25) is 0 Å². The molecule has 86 valence electrons. The third-order valence-electron chi connectivity index (χ3n) is 2.76. The van der Waals surface area contributed by atoms with Gasteiger partial charge in [-0.1, -0.05) is 6.92 Å². The van der Waals surface area contributed by atoms with Crippen LogP contribution in [0.25, 0.3) is 0 Å². The minimum atomic E-state index is -3.32. The Kier molecular flexibility index (Phi) is 3.71. The standard InChI is InChI=1S/C9H17N3O2S/c1-3-11-15(13,14)12-6-4-9(2,8-10)5-7-12/h11H,3-7H2,1-2H3. The van der Waals surface area contributed by atoms with Crippen LogP contribution in [0.3, 0.4) is 0 Å². The Morgan fingerprint density at radius 1 is 1.47 bits per heavy atom. The molecule has 15 heavy (non-hydrogen) atoms. The fraction of sp³-hybridized carbons (Fsp3) is 0.889. The molecule has 0 radical (unpaired) electrons. The first-order valence-corrected chi connectivity index (χ1v) is 6.53. The smallest absolute Gasteiger partial charge is 0.202 e. The minimum absolute atomic E-state index is 0.363. The molecule has 1 N–H and O–H groups in total. The highest BCUT2D eigenvalue weighted by Crippen LogP contribution is 2.30. The van der Waals surface area contributed by atoms with Gasteiger partial charge in [-0.15, -0.1) is 0 Å². The second-order valence-corrected chi connectivity index (χ2v) is 5.83. The molecule has 0 aromatic rings. The summed E-state index contributed by atoms with van der Waals surface area (Å²) in [5.41, 5.74) is -0.363. The van der Waals surface area contributed by atoms with Crippen LogP contribution in [-0.2, 0) is 10.2 Å². The molecule has 1 heterocycles. The second kappa shape index (κ2) is 4.47. The predicted octanol–water partition coefficient (Wildman–Crippen LogP) is 0.466. The van der Waals surface area contributed by atoms with E-state index in [0.717, 1.165) is 0 Å². The Morgan fingerprint density at radius 3 is 2.40 bits per heavy atom. The monoisotopic (exact) mass is 231 g/mol. The van der Waals surface area contributed by atoms with Crippen molar-refractivity contribution in [2.45, 2.75) is 26.7 Å². The van der Waals surface area contributed by atoms with E-state index in [4.69, 9.17) is 5.26 Å². The largest absolute Gasteiger partial charge is 0.279 e. The summed E-state index contributed by atoms with van der Waals surface area (Å²) in [6.45, 7) is 4.89. The van der Waals surface area contributed by atoms with Gasteiger partial charge in [0.1, 0.15) is 0 Å². The molecular formula is C9H17N3O2S. The lowest BCUT2D eigenvalue weighted by atomic mass is 9.83. The van der Waals surface area contributed by atoms with E-state index >= 15 is 0 Å². The normalized spacial score (nSPS) is 22.2. The molecule has 0 spiro atoms. The van der Waals surface area contributed by atoms with Crippen LogP contribution < -0.4 is 4.72 Å². The summed E-state index contributed by atoms with van der Waals surface area (Å²) >= 11 is 0. The van der Waals surface area contributed by atoms with Gasteiger partial charge < -0.3 is 0 Å². The maximum Gasteiger partial charge on any atom is 0.279 e. The summed E-state index contributed by atoms with van der Waals surface area (Å²) in [5.74, 6) is 0. The van der Waals surface area contributed by atoms with Crippen molar-refractivity contribution in [3.8, 4) is 6.07 Å². The van der Waals surface area contributed by atoms with Crippen LogP contribution in [0, 0.1) is 16.7 Å². The highest BCUT2D eigenvalue weighted by molar-refractivity contribution is 7.87. The fourth-order valence-electron chi connectivity index (χ4n) is 1.61. The third kappa shape index (κ3) is 2.91. The van der Waals surface area contributed by atoms with Gasteiger partial charge in [0.05, 0.1) is 11.5 Å². The molecule has 0 saturated carbocycles. The van der Waals surface area contributed by atoms with Gasteiger partial charge in [0.2, 0.25) is 0 Å². The van der Waals surface area contributed by atoms with Gasteiger partial charge in [0, 0.05) is 19.6 Å². The first-order chi connectivity index (χ1) is 6.93. The summed E-state index contributed by atoms with van der Waals surface area (Å²) in [7, 11) is -3.32. The molecule has 1 saturated heterocycles. The van der Waals surface area contributed by atoms with Gasteiger partial charge in [0.25, 0.3) is 10.2 Å². The Hall–Kier alpha value is -0.640. The Morgan fingerprint density at radius 2 is 2.00 bits per heavy atom. The van der Waals surface area contributed by atoms with Crippen molar-refractivity contribution in [2.75, 3.05) is 19.6 Å². The average molecular weight is 231 g/mol. The zero-order valence-corrected chi connectivity index (χ0v) is 9.97. The molecular weight excluding hydrogens is 214 g/mol. The van der Waals surface area contributed by atoms with Crippen LogP contribution in [0.2, 0.25) is 0 Å². The van der Waals surface area contributed by atoms with Gasteiger partial charge in [-0.05, 0) is 19.8 Å². The number of hydrogen-bond acceptors (Lipinski definition) is 3. The summed E-state index contributed by atoms with van der Waals surface area (Å²) in [6, 6.07) is 2.24. The maximum atomic E-state index is 11.6. The minimum Gasteiger partial charge on any atom is -0.202 e. The number of nitriles is 1. The zero-order valence-electron chi connectivity index (χ0n) is 9.15. The molecule has 0 aromatic carbocycles. The molecule has 1 aliphatic heterocycles. The lowest BCUT2D eigenvalue weighted by molar-refractivity contribution is 0.230. The van der Waals surface area contributed by atoms with Crippen molar-refractivity contribution >= 4 is 10.2 Å². The van der Waals surface area contributed by atoms with E-state index in [9.17, 15) is 8.42 Å². The lowest BCUT2D eigenvalue weighted by Gasteiger charge is -2.33. The van der Waals surface area contributed by atoms with Crippen molar-refractivity contribution in [1.29, 1.82) is 5.26 Å². The summed E-state index contributed by atoms with van der Waals surface area (Å²) in [5, 5.41) is 8.91. The number of nitrogens with zero attached hydrogens (tertiary/aromatic N) is 2. The molecule has 6 heteroatoms. The molecule has 0 aromatic heterocycles. The van der Waals surface area contributed by atoms with Gasteiger partial charge in [0.15, 0.2) is 0 Å². The van der Waals surface area contributed by atoms with Crippen LogP contribution in [0.15, 0.2) is 0 Å². The maximum absolute atomic E-state index is 11.6.